The van der Waals surface area contributed by atoms with E-state index in [9.17, 15) is 0 Å². The summed E-state index contributed by atoms with van der Waals surface area (Å²) in [6.45, 7) is 2.14. The quantitative estimate of drug-likeness (QED) is 0.937. The highest BCUT2D eigenvalue weighted by molar-refractivity contribution is 9.10. The van der Waals surface area contributed by atoms with E-state index in [4.69, 9.17) is 0 Å². The predicted octanol–water partition coefficient (Wildman–Crippen LogP) is 3.52. The number of hydrogen-bond acceptors (Lipinski definition) is 3. The maximum Gasteiger partial charge on any atom is 0.0686 e. The van der Waals surface area contributed by atoms with Crippen molar-refractivity contribution in [1.82, 2.24) is 10.3 Å². The molecule has 0 aliphatic carbocycles. The van der Waals surface area contributed by atoms with E-state index in [1.165, 1.54) is 16.0 Å². The Kier molecular flexibility index (Phi) is 3.74. The van der Waals surface area contributed by atoms with Gasteiger partial charge >= 0.3 is 0 Å². The summed E-state index contributed by atoms with van der Waals surface area (Å²) < 4.78 is 1.01. The second-order valence-corrected chi connectivity index (χ2v) is 5.49. The topological polar surface area (TPSA) is 24.9 Å². The number of rotatable bonds is 3. The molecule has 2 aromatic heterocycles. The van der Waals surface area contributed by atoms with Crippen LogP contribution in [0.15, 0.2) is 34.4 Å². The molecule has 84 valence electrons. The van der Waals surface area contributed by atoms with E-state index >= 15 is 0 Å². The molecule has 0 aliphatic heterocycles. The first-order valence-corrected chi connectivity index (χ1v) is 6.71. The summed E-state index contributed by atoms with van der Waals surface area (Å²) in [5, 5.41) is 5.46. The fraction of sp³-hybridized carbons (Fsp3) is 0.250. The normalized spacial score (nSPS) is 12.7. The zero-order chi connectivity index (χ0) is 11.5. The van der Waals surface area contributed by atoms with E-state index < -0.39 is 0 Å². The van der Waals surface area contributed by atoms with Crippen molar-refractivity contribution in [3.8, 4) is 0 Å². The number of aromatic nitrogens is 1. The molecule has 16 heavy (non-hydrogen) atoms. The lowest BCUT2D eigenvalue weighted by molar-refractivity contribution is 0.696. The van der Waals surface area contributed by atoms with Crippen LogP contribution < -0.4 is 5.32 Å². The molecule has 0 radical (unpaired) electrons. The predicted molar refractivity (Wildman–Crippen MR) is 71.9 cm³/mol. The lowest BCUT2D eigenvalue weighted by Gasteiger charge is -2.16. The first kappa shape index (κ1) is 11.8. The standard InChI is InChI=1S/C12H13BrN2S/c1-8-3-4-16-12(8)11(14-2)9-5-10(13)7-15-6-9/h3-7,11,14H,1-2H3. The van der Waals surface area contributed by atoms with Gasteiger partial charge in [0.2, 0.25) is 0 Å². The van der Waals surface area contributed by atoms with Gasteiger partial charge in [0.05, 0.1) is 6.04 Å². The Labute approximate surface area is 108 Å². The molecule has 0 amide bonds. The second kappa shape index (κ2) is 5.08. The smallest absolute Gasteiger partial charge is 0.0686 e. The third kappa shape index (κ3) is 2.34. The first-order chi connectivity index (χ1) is 7.72. The maximum absolute atomic E-state index is 4.21. The summed E-state index contributed by atoms with van der Waals surface area (Å²) in [6, 6.07) is 4.48. The maximum atomic E-state index is 4.21. The molecule has 2 heterocycles. The van der Waals surface area contributed by atoms with E-state index in [-0.39, 0.29) is 6.04 Å². The van der Waals surface area contributed by atoms with Crippen LogP contribution in [0.4, 0.5) is 0 Å². The van der Waals surface area contributed by atoms with Crippen LogP contribution in [0, 0.1) is 6.92 Å². The molecule has 1 atom stereocenters. The number of nitrogens with one attached hydrogen (secondary N) is 1. The Morgan fingerprint density at radius 1 is 1.44 bits per heavy atom. The SMILES string of the molecule is CNC(c1cncc(Br)c1)c1sccc1C. The van der Waals surface area contributed by atoms with E-state index in [1.807, 2.05) is 13.2 Å². The summed E-state index contributed by atoms with van der Waals surface area (Å²) in [5.41, 5.74) is 2.51. The van der Waals surface area contributed by atoms with Crippen LogP contribution in [-0.4, -0.2) is 12.0 Å². The number of hydrogen-bond donors (Lipinski definition) is 1. The minimum atomic E-state index is 0.227. The first-order valence-electron chi connectivity index (χ1n) is 5.04. The number of pyridine rings is 1. The summed E-state index contributed by atoms with van der Waals surface area (Å²) in [6.07, 6.45) is 3.71. The molecule has 0 aliphatic rings. The highest BCUT2D eigenvalue weighted by atomic mass is 79.9. The van der Waals surface area contributed by atoms with Crippen molar-refractivity contribution in [2.45, 2.75) is 13.0 Å². The van der Waals surface area contributed by atoms with Crippen molar-refractivity contribution in [3.05, 3.63) is 50.4 Å². The molecule has 4 heteroatoms. The van der Waals surface area contributed by atoms with Crippen LogP contribution >= 0.6 is 27.3 Å². The van der Waals surface area contributed by atoms with E-state index in [2.05, 4.69) is 50.7 Å². The number of halogens is 1. The van der Waals surface area contributed by atoms with E-state index in [1.54, 1.807) is 17.5 Å². The molecule has 1 N–H and O–H groups in total. The monoisotopic (exact) mass is 296 g/mol. The minimum absolute atomic E-state index is 0.227. The van der Waals surface area contributed by atoms with Crippen LogP contribution in [-0.2, 0) is 0 Å². The summed E-state index contributed by atoms with van der Waals surface area (Å²) in [4.78, 5) is 5.56. The van der Waals surface area contributed by atoms with Crippen LogP contribution in [0.3, 0.4) is 0 Å². The molecular weight excluding hydrogens is 284 g/mol. The molecule has 0 spiro atoms. The van der Waals surface area contributed by atoms with Crippen molar-refractivity contribution >= 4 is 27.3 Å². The van der Waals surface area contributed by atoms with E-state index in [0.29, 0.717) is 0 Å². The van der Waals surface area contributed by atoms with Crippen LogP contribution in [0.25, 0.3) is 0 Å². The molecule has 0 aromatic carbocycles. The number of thiophene rings is 1. The lowest BCUT2D eigenvalue weighted by atomic mass is 10.1. The Morgan fingerprint density at radius 2 is 2.25 bits per heavy atom. The lowest BCUT2D eigenvalue weighted by Crippen LogP contribution is -2.17. The van der Waals surface area contributed by atoms with Gasteiger partial charge in [0.15, 0.2) is 0 Å². The average Bonchev–Trinajstić information content (AvgIpc) is 2.67. The van der Waals surface area contributed by atoms with Gasteiger partial charge in [-0.05, 0) is 58.5 Å². The largest absolute Gasteiger partial charge is 0.309 e. The highest BCUT2D eigenvalue weighted by Crippen LogP contribution is 2.29. The fourth-order valence-electron chi connectivity index (χ4n) is 1.72. The Balaban J connectivity index is 2.40. The third-order valence-electron chi connectivity index (χ3n) is 2.51. The van der Waals surface area contributed by atoms with E-state index in [0.717, 1.165) is 4.47 Å². The Hall–Kier alpha value is -0.710. The number of nitrogens with zero attached hydrogens (tertiary/aromatic N) is 1. The zero-order valence-electron chi connectivity index (χ0n) is 9.20. The molecule has 0 saturated carbocycles. The van der Waals surface area contributed by atoms with Gasteiger partial charge in [-0.25, -0.2) is 0 Å². The van der Waals surface area contributed by atoms with Gasteiger partial charge in [0.25, 0.3) is 0 Å². The zero-order valence-corrected chi connectivity index (χ0v) is 11.6. The van der Waals surface area contributed by atoms with Crippen LogP contribution in [0.1, 0.15) is 22.0 Å². The highest BCUT2D eigenvalue weighted by Gasteiger charge is 2.15. The van der Waals surface area contributed by atoms with Gasteiger partial charge in [-0.15, -0.1) is 11.3 Å². The molecule has 0 fully saturated rings. The molecule has 0 saturated heterocycles. The third-order valence-corrected chi connectivity index (χ3v) is 4.03. The van der Waals surface area contributed by atoms with Gasteiger partial charge in [-0.2, -0.15) is 0 Å². The summed E-state index contributed by atoms with van der Waals surface area (Å²) in [7, 11) is 1.98. The van der Waals surface area contributed by atoms with Gasteiger partial charge in [0, 0.05) is 21.7 Å². The Morgan fingerprint density at radius 3 is 2.81 bits per heavy atom. The van der Waals surface area contributed by atoms with Crippen molar-refractivity contribution in [2.75, 3.05) is 7.05 Å². The molecule has 1 unspecified atom stereocenters. The van der Waals surface area contributed by atoms with Crippen molar-refractivity contribution < 1.29 is 0 Å². The minimum Gasteiger partial charge on any atom is -0.309 e. The van der Waals surface area contributed by atoms with Gasteiger partial charge in [-0.3, -0.25) is 4.98 Å². The molecule has 2 rings (SSSR count). The molecule has 2 nitrogen and oxygen atoms in total. The summed E-state index contributed by atoms with van der Waals surface area (Å²) >= 11 is 5.23. The average molecular weight is 297 g/mol. The van der Waals surface area contributed by atoms with Gasteiger partial charge < -0.3 is 5.32 Å². The fourth-order valence-corrected chi connectivity index (χ4v) is 3.16. The van der Waals surface area contributed by atoms with Gasteiger partial charge in [0.1, 0.15) is 0 Å². The summed E-state index contributed by atoms with van der Waals surface area (Å²) in [5.74, 6) is 0. The Bertz CT molecular complexity index is 481. The molecular formula is C12H13BrN2S. The van der Waals surface area contributed by atoms with Crippen molar-refractivity contribution in [1.29, 1.82) is 0 Å². The molecule has 2 aromatic rings. The van der Waals surface area contributed by atoms with Crippen molar-refractivity contribution in [3.63, 3.8) is 0 Å². The molecule has 0 bridgehead atoms. The van der Waals surface area contributed by atoms with Crippen LogP contribution in [0.5, 0.6) is 0 Å². The van der Waals surface area contributed by atoms with Gasteiger partial charge in [-0.1, -0.05) is 0 Å². The second-order valence-electron chi connectivity index (χ2n) is 3.63. The van der Waals surface area contributed by atoms with Crippen molar-refractivity contribution in [2.24, 2.45) is 0 Å². The van der Waals surface area contributed by atoms with Crippen LogP contribution in [0.2, 0.25) is 0 Å². The number of aryl methyl sites for hydroxylation is 1.